The lowest BCUT2D eigenvalue weighted by molar-refractivity contribution is -0.119. The van der Waals surface area contributed by atoms with Gasteiger partial charge in [-0.3, -0.25) is 9.69 Å². The standard InChI is InChI=1S/C14H17N3OS/c18-11(10-17-7-5-15-6-8-17)9-14-16-12-3-1-2-4-13(12)19-14/h1-4,15H,5-10H2. The highest BCUT2D eigenvalue weighted by atomic mass is 32.1. The second-order valence-electron chi connectivity index (χ2n) is 4.82. The number of carbonyl (C=O) groups is 1. The second-order valence-corrected chi connectivity index (χ2v) is 5.93. The van der Waals surface area contributed by atoms with Gasteiger partial charge in [0.1, 0.15) is 5.01 Å². The van der Waals surface area contributed by atoms with Crippen LogP contribution >= 0.6 is 11.3 Å². The molecular weight excluding hydrogens is 258 g/mol. The Morgan fingerprint density at radius 2 is 2.11 bits per heavy atom. The van der Waals surface area contributed by atoms with Gasteiger partial charge in [-0.1, -0.05) is 12.1 Å². The average molecular weight is 275 g/mol. The molecule has 5 heteroatoms. The Kier molecular flexibility index (Phi) is 3.87. The molecule has 3 rings (SSSR count). The van der Waals surface area contributed by atoms with Crippen LogP contribution in [0.25, 0.3) is 10.2 Å². The van der Waals surface area contributed by atoms with Crippen LogP contribution in [0.5, 0.6) is 0 Å². The van der Waals surface area contributed by atoms with E-state index < -0.39 is 0 Å². The van der Waals surface area contributed by atoms with Gasteiger partial charge in [0, 0.05) is 26.2 Å². The number of thiazole rings is 1. The summed E-state index contributed by atoms with van der Waals surface area (Å²) in [4.78, 5) is 18.8. The second kappa shape index (κ2) is 5.77. The summed E-state index contributed by atoms with van der Waals surface area (Å²) in [5.41, 5.74) is 0.998. The van der Waals surface area contributed by atoms with Crippen LogP contribution in [0.15, 0.2) is 24.3 Å². The van der Waals surface area contributed by atoms with E-state index in [1.165, 1.54) is 0 Å². The molecule has 1 aromatic carbocycles. The number of fused-ring (bicyclic) bond motifs is 1. The number of piperazine rings is 1. The lowest BCUT2D eigenvalue weighted by Gasteiger charge is -2.26. The Morgan fingerprint density at radius 3 is 2.89 bits per heavy atom. The molecule has 0 spiro atoms. The maximum absolute atomic E-state index is 12.1. The Hall–Kier alpha value is -1.30. The number of carbonyl (C=O) groups excluding carboxylic acids is 1. The molecule has 1 aliphatic heterocycles. The van der Waals surface area contributed by atoms with E-state index in [1.807, 2.05) is 18.2 Å². The molecular formula is C14H17N3OS. The SMILES string of the molecule is O=C(Cc1nc2ccccc2s1)CN1CCNCC1. The lowest BCUT2D eigenvalue weighted by Crippen LogP contribution is -2.45. The molecule has 0 unspecified atom stereocenters. The maximum atomic E-state index is 12.1. The summed E-state index contributed by atoms with van der Waals surface area (Å²) in [5.74, 6) is 0.265. The number of hydrogen-bond donors (Lipinski definition) is 1. The number of hydrogen-bond acceptors (Lipinski definition) is 5. The Balaban J connectivity index is 1.62. The number of benzene rings is 1. The molecule has 0 saturated carbocycles. The predicted molar refractivity (Wildman–Crippen MR) is 77.6 cm³/mol. The summed E-state index contributed by atoms with van der Waals surface area (Å²) >= 11 is 1.62. The number of aromatic nitrogens is 1. The molecule has 2 aromatic rings. The first kappa shape index (κ1) is 12.7. The van der Waals surface area contributed by atoms with E-state index in [2.05, 4.69) is 21.3 Å². The zero-order chi connectivity index (χ0) is 13.1. The molecule has 100 valence electrons. The molecule has 0 amide bonds. The van der Waals surface area contributed by atoms with Crippen molar-refractivity contribution in [2.24, 2.45) is 0 Å². The van der Waals surface area contributed by atoms with Crippen molar-refractivity contribution < 1.29 is 4.79 Å². The van der Waals surface area contributed by atoms with Gasteiger partial charge in [0.15, 0.2) is 5.78 Å². The Labute approximate surface area is 116 Å². The number of nitrogens with zero attached hydrogens (tertiary/aromatic N) is 2. The monoisotopic (exact) mass is 275 g/mol. The van der Waals surface area contributed by atoms with E-state index in [1.54, 1.807) is 11.3 Å². The first-order chi connectivity index (χ1) is 9.31. The zero-order valence-corrected chi connectivity index (χ0v) is 11.6. The van der Waals surface area contributed by atoms with Crippen LogP contribution in [0.4, 0.5) is 0 Å². The zero-order valence-electron chi connectivity index (χ0n) is 10.8. The van der Waals surface area contributed by atoms with Gasteiger partial charge in [0.05, 0.1) is 23.2 Å². The van der Waals surface area contributed by atoms with Gasteiger partial charge in [0.2, 0.25) is 0 Å². The number of ketones is 1. The van der Waals surface area contributed by atoms with Gasteiger partial charge < -0.3 is 5.32 Å². The van der Waals surface area contributed by atoms with Crippen molar-refractivity contribution in [2.75, 3.05) is 32.7 Å². The summed E-state index contributed by atoms with van der Waals surface area (Å²) < 4.78 is 1.16. The molecule has 0 aliphatic carbocycles. The highest BCUT2D eigenvalue weighted by Crippen LogP contribution is 2.21. The lowest BCUT2D eigenvalue weighted by atomic mass is 10.2. The van der Waals surface area contributed by atoms with Gasteiger partial charge in [-0.2, -0.15) is 0 Å². The van der Waals surface area contributed by atoms with Gasteiger partial charge in [0.25, 0.3) is 0 Å². The summed E-state index contributed by atoms with van der Waals surface area (Å²) in [6.45, 7) is 4.44. The molecule has 4 nitrogen and oxygen atoms in total. The van der Waals surface area contributed by atoms with Gasteiger partial charge in [-0.25, -0.2) is 4.98 Å². The first-order valence-electron chi connectivity index (χ1n) is 6.60. The minimum absolute atomic E-state index is 0.265. The minimum atomic E-state index is 0.265. The molecule has 1 aliphatic rings. The third-order valence-corrected chi connectivity index (χ3v) is 4.33. The highest BCUT2D eigenvalue weighted by molar-refractivity contribution is 7.18. The van der Waals surface area contributed by atoms with Crippen LogP contribution in [0, 0.1) is 0 Å². The van der Waals surface area contributed by atoms with Gasteiger partial charge in [-0.15, -0.1) is 11.3 Å². The number of para-hydroxylation sites is 1. The van der Waals surface area contributed by atoms with Crippen molar-refractivity contribution in [3.05, 3.63) is 29.3 Å². The van der Waals surface area contributed by atoms with Crippen molar-refractivity contribution in [3.63, 3.8) is 0 Å². The van der Waals surface area contributed by atoms with Crippen LogP contribution in [0.3, 0.4) is 0 Å². The first-order valence-corrected chi connectivity index (χ1v) is 7.42. The molecule has 0 bridgehead atoms. The molecule has 1 saturated heterocycles. The van der Waals surface area contributed by atoms with Crippen molar-refractivity contribution in [2.45, 2.75) is 6.42 Å². The third-order valence-electron chi connectivity index (χ3n) is 3.30. The maximum Gasteiger partial charge on any atom is 0.153 e. The van der Waals surface area contributed by atoms with Crippen LogP contribution in [-0.2, 0) is 11.2 Å². The topological polar surface area (TPSA) is 45.2 Å². The van der Waals surface area contributed by atoms with Crippen LogP contribution < -0.4 is 5.32 Å². The van der Waals surface area contributed by atoms with Crippen molar-refractivity contribution >= 4 is 27.3 Å². The van der Waals surface area contributed by atoms with Gasteiger partial charge in [-0.05, 0) is 12.1 Å². The molecule has 2 heterocycles. The number of rotatable bonds is 4. The van der Waals surface area contributed by atoms with E-state index in [-0.39, 0.29) is 5.78 Å². The fourth-order valence-electron chi connectivity index (χ4n) is 2.34. The van der Waals surface area contributed by atoms with Crippen molar-refractivity contribution in [1.29, 1.82) is 0 Å². The number of nitrogens with one attached hydrogen (secondary N) is 1. The quantitative estimate of drug-likeness (QED) is 0.914. The minimum Gasteiger partial charge on any atom is -0.314 e. The summed E-state index contributed by atoms with van der Waals surface area (Å²) in [5, 5.41) is 4.22. The van der Waals surface area contributed by atoms with Crippen LogP contribution in [0.1, 0.15) is 5.01 Å². The average Bonchev–Trinajstić information content (AvgIpc) is 2.81. The smallest absolute Gasteiger partial charge is 0.153 e. The Morgan fingerprint density at radius 1 is 1.32 bits per heavy atom. The largest absolute Gasteiger partial charge is 0.314 e. The predicted octanol–water partition coefficient (Wildman–Crippen LogP) is 1.31. The summed E-state index contributed by atoms with van der Waals surface area (Å²) in [7, 11) is 0. The normalized spacial score (nSPS) is 16.8. The molecule has 1 fully saturated rings. The summed E-state index contributed by atoms with van der Waals surface area (Å²) in [6.07, 6.45) is 0.462. The van der Waals surface area contributed by atoms with Crippen molar-refractivity contribution in [3.8, 4) is 0 Å². The molecule has 1 aromatic heterocycles. The Bertz CT molecular complexity index is 542. The number of Topliss-reactive ketones (excluding diaryl/α,β-unsaturated/α-hetero) is 1. The van der Waals surface area contributed by atoms with E-state index >= 15 is 0 Å². The summed E-state index contributed by atoms with van der Waals surface area (Å²) in [6, 6.07) is 8.04. The fraction of sp³-hybridized carbons (Fsp3) is 0.429. The molecule has 19 heavy (non-hydrogen) atoms. The van der Waals surface area contributed by atoms with Crippen LogP contribution in [0.2, 0.25) is 0 Å². The fourth-order valence-corrected chi connectivity index (χ4v) is 3.33. The van der Waals surface area contributed by atoms with E-state index in [0.717, 1.165) is 41.4 Å². The molecule has 1 N–H and O–H groups in total. The van der Waals surface area contributed by atoms with E-state index in [9.17, 15) is 4.79 Å². The van der Waals surface area contributed by atoms with Crippen LogP contribution in [-0.4, -0.2) is 48.4 Å². The third kappa shape index (κ3) is 3.18. The van der Waals surface area contributed by atoms with Crippen molar-refractivity contribution in [1.82, 2.24) is 15.2 Å². The molecule has 0 radical (unpaired) electrons. The highest BCUT2D eigenvalue weighted by Gasteiger charge is 2.15. The van der Waals surface area contributed by atoms with Gasteiger partial charge >= 0.3 is 0 Å². The van der Waals surface area contributed by atoms with E-state index in [0.29, 0.717) is 13.0 Å². The molecule has 0 atom stereocenters. The van der Waals surface area contributed by atoms with E-state index in [4.69, 9.17) is 0 Å².